The molecule has 1 aliphatic rings. The predicted octanol–water partition coefficient (Wildman–Crippen LogP) is 0.986. The average Bonchev–Trinajstić information content (AvgIpc) is 2.43. The van der Waals surface area contributed by atoms with Crippen LogP contribution < -0.4 is 0 Å². The molecule has 3 nitrogen and oxygen atoms in total. The zero-order chi connectivity index (χ0) is 10.9. The highest BCUT2D eigenvalue weighted by Gasteiger charge is 2.49. The lowest BCUT2D eigenvalue weighted by atomic mass is 10.0. The van der Waals surface area contributed by atoms with Crippen LogP contribution in [0.4, 0.5) is 13.2 Å². The molecule has 0 bridgehead atoms. The first kappa shape index (κ1) is 11.0. The maximum absolute atomic E-state index is 12.0. The van der Waals surface area contributed by atoms with Crippen LogP contribution in [0.5, 0.6) is 0 Å². The Labute approximate surface area is 78.9 Å². The fourth-order valence-electron chi connectivity index (χ4n) is 1.49. The molecule has 80 valence electrons. The average molecular weight is 209 g/mol. The number of carbonyl (C=O) groups excluding carboxylic acids is 2. The fraction of sp³-hybridized carbons (Fsp3) is 0.750. The van der Waals surface area contributed by atoms with Crippen molar-refractivity contribution in [1.29, 1.82) is 0 Å². The maximum Gasteiger partial charge on any atom is 0.450 e. The van der Waals surface area contributed by atoms with E-state index in [-0.39, 0.29) is 13.0 Å². The molecule has 1 rings (SSSR count). The minimum Gasteiger partial charge on any atom is -0.342 e. The number of likely N-dealkylation sites (tertiary alicyclic amines) is 1. The van der Waals surface area contributed by atoms with Crippen molar-refractivity contribution in [3.63, 3.8) is 0 Å². The third-order valence-corrected chi connectivity index (χ3v) is 2.28. The largest absolute Gasteiger partial charge is 0.450 e. The lowest BCUT2D eigenvalue weighted by Crippen LogP contribution is -2.36. The smallest absolute Gasteiger partial charge is 0.342 e. The van der Waals surface area contributed by atoms with Crippen molar-refractivity contribution in [2.75, 3.05) is 13.1 Å². The number of ketones is 1. The second-order valence-electron chi connectivity index (χ2n) is 3.12. The van der Waals surface area contributed by atoms with Gasteiger partial charge in [0.05, 0.1) is 0 Å². The van der Waals surface area contributed by atoms with E-state index in [0.29, 0.717) is 6.54 Å². The summed E-state index contributed by atoms with van der Waals surface area (Å²) in [5, 5.41) is 0. The molecule has 1 amide bonds. The monoisotopic (exact) mass is 209 g/mol. The Morgan fingerprint density at radius 1 is 1.57 bits per heavy atom. The summed E-state index contributed by atoms with van der Waals surface area (Å²) in [4.78, 5) is 23.3. The Kier molecular flexibility index (Phi) is 2.82. The lowest BCUT2D eigenvalue weighted by Gasteiger charge is -2.13. The molecule has 0 radical (unpaired) electrons. The van der Waals surface area contributed by atoms with E-state index in [0.717, 1.165) is 0 Å². The first-order chi connectivity index (χ1) is 6.38. The molecule has 1 fully saturated rings. The van der Waals surface area contributed by atoms with E-state index >= 15 is 0 Å². The van der Waals surface area contributed by atoms with Crippen molar-refractivity contribution in [3.8, 4) is 0 Å². The summed E-state index contributed by atoms with van der Waals surface area (Å²) in [7, 11) is 0. The SMILES string of the molecule is CCN1CCC(C(=O)C(F)(F)F)C1=O. The number of carbonyl (C=O) groups is 2. The Hall–Kier alpha value is -1.07. The van der Waals surface area contributed by atoms with E-state index in [9.17, 15) is 22.8 Å². The van der Waals surface area contributed by atoms with E-state index in [2.05, 4.69) is 0 Å². The Morgan fingerprint density at radius 3 is 2.50 bits per heavy atom. The van der Waals surface area contributed by atoms with E-state index in [1.807, 2.05) is 0 Å². The van der Waals surface area contributed by atoms with Gasteiger partial charge in [0, 0.05) is 13.1 Å². The molecule has 0 aromatic carbocycles. The highest BCUT2D eigenvalue weighted by molar-refractivity contribution is 6.04. The predicted molar refractivity (Wildman–Crippen MR) is 41.4 cm³/mol. The van der Waals surface area contributed by atoms with Crippen LogP contribution in [0.1, 0.15) is 13.3 Å². The molecule has 1 aliphatic heterocycles. The first-order valence-corrected chi connectivity index (χ1v) is 4.27. The van der Waals surface area contributed by atoms with Gasteiger partial charge < -0.3 is 4.90 Å². The van der Waals surface area contributed by atoms with Crippen LogP contribution in [0.15, 0.2) is 0 Å². The zero-order valence-corrected chi connectivity index (χ0v) is 7.60. The molecule has 0 saturated carbocycles. The van der Waals surface area contributed by atoms with E-state index < -0.39 is 23.8 Å². The summed E-state index contributed by atoms with van der Waals surface area (Å²) in [5.74, 6) is -4.12. The Morgan fingerprint density at radius 2 is 2.14 bits per heavy atom. The Balaban J connectivity index is 2.73. The summed E-state index contributed by atoms with van der Waals surface area (Å²) in [6.07, 6.45) is -4.92. The second-order valence-corrected chi connectivity index (χ2v) is 3.12. The molecular formula is C8H10F3NO2. The molecule has 1 heterocycles. The standard InChI is InChI=1S/C8H10F3NO2/c1-2-12-4-3-5(7(12)14)6(13)8(9,10)11/h5H,2-4H2,1H3. The fourth-order valence-corrected chi connectivity index (χ4v) is 1.49. The van der Waals surface area contributed by atoms with Gasteiger partial charge in [0.2, 0.25) is 11.7 Å². The van der Waals surface area contributed by atoms with Crippen LogP contribution in [-0.2, 0) is 9.59 Å². The van der Waals surface area contributed by atoms with Gasteiger partial charge in [-0.15, -0.1) is 0 Å². The van der Waals surface area contributed by atoms with Crippen molar-refractivity contribution < 1.29 is 22.8 Å². The summed E-state index contributed by atoms with van der Waals surface area (Å²) >= 11 is 0. The van der Waals surface area contributed by atoms with Crippen LogP contribution in [0, 0.1) is 5.92 Å². The van der Waals surface area contributed by atoms with Crippen LogP contribution >= 0.6 is 0 Å². The minimum absolute atomic E-state index is 0.0228. The van der Waals surface area contributed by atoms with Crippen LogP contribution in [0.3, 0.4) is 0 Å². The molecule has 0 aromatic rings. The van der Waals surface area contributed by atoms with E-state index in [1.54, 1.807) is 6.92 Å². The number of alkyl halides is 3. The van der Waals surface area contributed by atoms with E-state index in [4.69, 9.17) is 0 Å². The molecule has 6 heteroatoms. The van der Waals surface area contributed by atoms with Gasteiger partial charge in [-0.3, -0.25) is 9.59 Å². The van der Waals surface area contributed by atoms with Crippen molar-refractivity contribution >= 4 is 11.7 Å². The number of Topliss-reactive ketones (excluding diaryl/α,β-unsaturated/α-hetero) is 1. The van der Waals surface area contributed by atoms with Crippen molar-refractivity contribution in [2.24, 2.45) is 5.92 Å². The number of amides is 1. The van der Waals surface area contributed by atoms with Gasteiger partial charge in [-0.1, -0.05) is 0 Å². The zero-order valence-electron chi connectivity index (χ0n) is 7.60. The van der Waals surface area contributed by atoms with Crippen LogP contribution in [-0.4, -0.2) is 35.9 Å². The third-order valence-electron chi connectivity index (χ3n) is 2.28. The van der Waals surface area contributed by atoms with E-state index in [1.165, 1.54) is 4.90 Å². The van der Waals surface area contributed by atoms with Crippen molar-refractivity contribution in [2.45, 2.75) is 19.5 Å². The second kappa shape index (κ2) is 3.59. The molecule has 1 saturated heterocycles. The summed E-state index contributed by atoms with van der Waals surface area (Å²) in [6.45, 7) is 2.25. The highest BCUT2D eigenvalue weighted by Crippen LogP contribution is 2.27. The van der Waals surface area contributed by atoms with Gasteiger partial charge in [0.15, 0.2) is 0 Å². The summed E-state index contributed by atoms with van der Waals surface area (Å²) in [6, 6.07) is 0. The maximum atomic E-state index is 12.0. The number of rotatable bonds is 2. The molecule has 1 atom stereocenters. The minimum atomic E-state index is -4.90. The van der Waals surface area contributed by atoms with Crippen molar-refractivity contribution in [1.82, 2.24) is 4.90 Å². The molecule has 1 unspecified atom stereocenters. The molecule has 0 aromatic heterocycles. The number of nitrogens with zero attached hydrogens (tertiary/aromatic N) is 1. The molecule has 14 heavy (non-hydrogen) atoms. The van der Waals surface area contributed by atoms with Gasteiger partial charge in [-0.2, -0.15) is 13.2 Å². The number of hydrogen-bond acceptors (Lipinski definition) is 2. The normalized spacial score (nSPS) is 23.0. The molecular weight excluding hydrogens is 199 g/mol. The van der Waals surface area contributed by atoms with Crippen molar-refractivity contribution in [3.05, 3.63) is 0 Å². The van der Waals surface area contributed by atoms with Crippen LogP contribution in [0.2, 0.25) is 0 Å². The quantitative estimate of drug-likeness (QED) is 0.636. The molecule has 0 spiro atoms. The van der Waals surface area contributed by atoms with Gasteiger partial charge >= 0.3 is 6.18 Å². The highest BCUT2D eigenvalue weighted by atomic mass is 19.4. The first-order valence-electron chi connectivity index (χ1n) is 4.27. The molecule has 0 N–H and O–H groups in total. The summed E-state index contributed by atoms with van der Waals surface area (Å²) in [5.41, 5.74) is 0. The number of hydrogen-bond donors (Lipinski definition) is 0. The Bertz CT molecular complexity index is 262. The van der Waals surface area contributed by atoms with Gasteiger partial charge in [0.25, 0.3) is 0 Å². The van der Waals surface area contributed by atoms with Gasteiger partial charge in [-0.05, 0) is 13.3 Å². The van der Waals surface area contributed by atoms with Crippen LogP contribution in [0.25, 0.3) is 0 Å². The third kappa shape index (κ3) is 1.88. The lowest BCUT2D eigenvalue weighted by molar-refractivity contribution is -0.176. The number of halogens is 3. The van der Waals surface area contributed by atoms with Gasteiger partial charge in [-0.25, -0.2) is 0 Å². The summed E-state index contributed by atoms with van der Waals surface area (Å²) < 4.78 is 36.0. The van der Waals surface area contributed by atoms with Gasteiger partial charge in [0.1, 0.15) is 5.92 Å². The topological polar surface area (TPSA) is 37.4 Å². The molecule has 0 aliphatic carbocycles.